The van der Waals surface area contributed by atoms with Crippen LogP contribution >= 0.6 is 0 Å². The van der Waals surface area contributed by atoms with Crippen LogP contribution in [0.25, 0.3) is 11.2 Å². The lowest BCUT2D eigenvalue weighted by Crippen LogP contribution is -2.37. The van der Waals surface area contributed by atoms with E-state index in [9.17, 15) is 9.59 Å². The van der Waals surface area contributed by atoms with Crippen molar-refractivity contribution in [3.05, 3.63) is 20.8 Å². The number of methoxy groups -OCH3 is 1. The first-order valence-corrected chi connectivity index (χ1v) is 5.64. The van der Waals surface area contributed by atoms with Crippen molar-refractivity contribution in [3.8, 4) is 0 Å². The summed E-state index contributed by atoms with van der Waals surface area (Å²) in [6.07, 6.45) is 0. The molecule has 0 atom stereocenters. The van der Waals surface area contributed by atoms with Gasteiger partial charge >= 0.3 is 5.69 Å². The van der Waals surface area contributed by atoms with Gasteiger partial charge in [0, 0.05) is 21.2 Å². The molecule has 0 bridgehead atoms. The van der Waals surface area contributed by atoms with Gasteiger partial charge in [0.15, 0.2) is 11.2 Å². The number of ether oxygens (including phenoxy) is 1. The first-order valence-electron chi connectivity index (χ1n) is 5.64. The van der Waals surface area contributed by atoms with Gasteiger partial charge in [0.25, 0.3) is 5.56 Å². The van der Waals surface area contributed by atoms with Gasteiger partial charge in [-0.2, -0.15) is 0 Å². The minimum Gasteiger partial charge on any atom is -0.383 e. The Kier molecular flexibility index (Phi) is 3.40. The third-order valence-corrected chi connectivity index (χ3v) is 2.99. The highest BCUT2D eigenvalue weighted by molar-refractivity contribution is 5.74. The summed E-state index contributed by atoms with van der Waals surface area (Å²) in [6.45, 7) is 0.830. The summed E-state index contributed by atoms with van der Waals surface area (Å²) in [4.78, 5) is 28.1. The number of anilines is 1. The third-order valence-electron chi connectivity index (χ3n) is 2.99. The van der Waals surface area contributed by atoms with Crippen molar-refractivity contribution in [1.82, 2.24) is 18.7 Å². The van der Waals surface area contributed by atoms with E-state index < -0.39 is 11.2 Å². The highest BCUT2D eigenvalue weighted by Gasteiger charge is 2.18. The van der Waals surface area contributed by atoms with Crippen molar-refractivity contribution in [2.45, 2.75) is 6.54 Å². The minimum atomic E-state index is -0.453. The molecule has 2 aromatic rings. The van der Waals surface area contributed by atoms with E-state index in [1.54, 1.807) is 18.7 Å². The Hall–Kier alpha value is -2.13. The summed E-state index contributed by atoms with van der Waals surface area (Å²) in [6, 6.07) is 0. The van der Waals surface area contributed by atoms with E-state index in [1.807, 2.05) is 0 Å². The van der Waals surface area contributed by atoms with E-state index in [-0.39, 0.29) is 5.52 Å². The van der Waals surface area contributed by atoms with E-state index in [1.165, 1.54) is 11.6 Å². The van der Waals surface area contributed by atoms with Crippen molar-refractivity contribution in [1.29, 1.82) is 0 Å². The fourth-order valence-electron chi connectivity index (χ4n) is 1.99. The minimum absolute atomic E-state index is 0.189. The van der Waals surface area contributed by atoms with Gasteiger partial charge in [-0.3, -0.25) is 23.9 Å². The molecular weight excluding hydrogens is 252 g/mol. The number of hydrogen-bond acceptors (Lipinski definition) is 6. The average molecular weight is 268 g/mol. The lowest BCUT2D eigenvalue weighted by Gasteiger charge is -2.10. The van der Waals surface area contributed by atoms with Crippen molar-refractivity contribution in [2.75, 3.05) is 19.1 Å². The van der Waals surface area contributed by atoms with Crippen LogP contribution in [0, 0.1) is 0 Å². The molecule has 0 fully saturated rings. The zero-order valence-corrected chi connectivity index (χ0v) is 11.0. The second kappa shape index (κ2) is 4.86. The van der Waals surface area contributed by atoms with E-state index >= 15 is 0 Å². The Labute approximate surface area is 108 Å². The molecule has 2 rings (SSSR count). The van der Waals surface area contributed by atoms with Crippen LogP contribution in [0.3, 0.4) is 0 Å². The summed E-state index contributed by atoms with van der Waals surface area (Å²) >= 11 is 0. The third kappa shape index (κ3) is 1.92. The molecule has 2 aromatic heterocycles. The zero-order chi connectivity index (χ0) is 14.2. The summed E-state index contributed by atoms with van der Waals surface area (Å²) in [5.74, 6) is 5.70. The molecule has 0 unspecified atom stereocenters. The van der Waals surface area contributed by atoms with Gasteiger partial charge < -0.3 is 4.74 Å². The maximum Gasteiger partial charge on any atom is 0.332 e. The summed E-state index contributed by atoms with van der Waals surface area (Å²) < 4.78 is 9.01. The Morgan fingerprint density at radius 1 is 1.32 bits per heavy atom. The monoisotopic (exact) mass is 268 g/mol. The fraction of sp³-hybridized carbons (Fsp3) is 0.500. The molecule has 2 heterocycles. The zero-order valence-electron chi connectivity index (χ0n) is 11.0. The molecule has 104 valence electrons. The molecular formula is C10H16N6O3. The number of imidazole rings is 1. The molecule has 9 nitrogen and oxygen atoms in total. The van der Waals surface area contributed by atoms with Crippen LogP contribution in [0.2, 0.25) is 0 Å². The maximum atomic E-state index is 12.0. The number of aromatic nitrogens is 4. The van der Waals surface area contributed by atoms with Gasteiger partial charge in [0.05, 0.1) is 13.2 Å². The number of rotatable bonds is 4. The van der Waals surface area contributed by atoms with E-state index in [4.69, 9.17) is 10.6 Å². The van der Waals surface area contributed by atoms with Crippen LogP contribution in [0.4, 0.5) is 5.95 Å². The van der Waals surface area contributed by atoms with Gasteiger partial charge in [0.2, 0.25) is 5.95 Å². The van der Waals surface area contributed by atoms with Gasteiger partial charge in [0.1, 0.15) is 0 Å². The summed E-state index contributed by atoms with van der Waals surface area (Å²) in [5, 5.41) is 0. The molecule has 9 heteroatoms. The molecule has 0 aromatic carbocycles. The van der Waals surface area contributed by atoms with Crippen LogP contribution in [-0.4, -0.2) is 32.4 Å². The van der Waals surface area contributed by atoms with E-state index in [0.29, 0.717) is 24.7 Å². The quantitative estimate of drug-likeness (QED) is 0.509. The van der Waals surface area contributed by atoms with Gasteiger partial charge in [-0.25, -0.2) is 15.6 Å². The number of aryl methyl sites for hydroxylation is 1. The highest BCUT2D eigenvalue weighted by Crippen LogP contribution is 2.14. The van der Waals surface area contributed by atoms with Gasteiger partial charge in [-0.05, 0) is 0 Å². The number of hydrogen-bond donors (Lipinski definition) is 2. The molecule has 19 heavy (non-hydrogen) atoms. The fourth-order valence-corrected chi connectivity index (χ4v) is 1.99. The second-order valence-corrected chi connectivity index (χ2v) is 4.10. The topological polar surface area (TPSA) is 109 Å². The Bertz CT molecular complexity index is 725. The number of hydrazine groups is 1. The molecule has 0 aliphatic rings. The maximum absolute atomic E-state index is 12.0. The Morgan fingerprint density at radius 2 is 2.00 bits per heavy atom. The average Bonchev–Trinajstić information content (AvgIpc) is 2.79. The van der Waals surface area contributed by atoms with Crippen molar-refractivity contribution in [3.63, 3.8) is 0 Å². The largest absolute Gasteiger partial charge is 0.383 e. The highest BCUT2D eigenvalue weighted by atomic mass is 16.5. The van der Waals surface area contributed by atoms with Gasteiger partial charge in [-0.1, -0.05) is 0 Å². The number of nitrogens with one attached hydrogen (secondary N) is 1. The molecule has 0 radical (unpaired) electrons. The van der Waals surface area contributed by atoms with Crippen molar-refractivity contribution < 1.29 is 4.74 Å². The van der Waals surface area contributed by atoms with Crippen LogP contribution in [0.1, 0.15) is 0 Å². The second-order valence-electron chi connectivity index (χ2n) is 4.10. The first kappa shape index (κ1) is 13.3. The normalized spacial score (nSPS) is 11.2. The molecule has 0 saturated heterocycles. The van der Waals surface area contributed by atoms with Crippen molar-refractivity contribution >= 4 is 17.1 Å². The molecule has 0 aliphatic heterocycles. The van der Waals surface area contributed by atoms with Crippen LogP contribution in [0.15, 0.2) is 9.59 Å². The number of fused-ring (bicyclic) bond motifs is 1. The Morgan fingerprint density at radius 3 is 2.58 bits per heavy atom. The molecule has 0 aliphatic carbocycles. The number of nitrogens with zero attached hydrogens (tertiary/aromatic N) is 4. The smallest absolute Gasteiger partial charge is 0.332 e. The lowest BCUT2D eigenvalue weighted by molar-refractivity contribution is 0.188. The molecule has 0 amide bonds. The summed E-state index contributed by atoms with van der Waals surface area (Å²) in [5.41, 5.74) is 2.15. The standard InChI is InChI=1S/C10H16N6O3/c1-14-7-6(8(17)15(2)10(14)18)12-9(13-11)16(7)4-5-19-3/h4-5,11H2,1-3H3,(H,12,13). The molecule has 3 N–H and O–H groups in total. The van der Waals surface area contributed by atoms with E-state index in [0.717, 1.165) is 4.57 Å². The first-order chi connectivity index (χ1) is 9.02. The molecule has 0 spiro atoms. The SMILES string of the molecule is COCCn1c(NN)nc2c(=O)n(C)c(=O)n(C)c21. The van der Waals surface area contributed by atoms with E-state index in [2.05, 4.69) is 10.4 Å². The predicted octanol–water partition coefficient (Wildman–Crippen LogP) is -1.63. The van der Waals surface area contributed by atoms with Crippen LogP contribution in [-0.2, 0) is 25.4 Å². The molecule has 0 saturated carbocycles. The van der Waals surface area contributed by atoms with Gasteiger partial charge in [-0.15, -0.1) is 0 Å². The summed E-state index contributed by atoms with van der Waals surface area (Å²) in [7, 11) is 4.55. The number of nitrogens with two attached hydrogens (primary N) is 1. The van der Waals surface area contributed by atoms with Crippen molar-refractivity contribution in [2.24, 2.45) is 19.9 Å². The van der Waals surface area contributed by atoms with Crippen LogP contribution < -0.4 is 22.5 Å². The number of nitrogen functional groups attached to an aromatic ring is 1. The lowest BCUT2D eigenvalue weighted by atomic mass is 10.5. The predicted molar refractivity (Wildman–Crippen MR) is 69.9 cm³/mol. The Balaban J connectivity index is 2.86. The van der Waals surface area contributed by atoms with Crippen LogP contribution in [0.5, 0.6) is 0 Å².